The van der Waals surface area contributed by atoms with Gasteiger partial charge in [-0.25, -0.2) is 33.7 Å². The molecule has 2 aromatic rings. The number of carbonyl (C=O) groups is 5. The number of amides is 4. The molecule has 0 aliphatic rings. The number of carbonyl (C=O) groups excluding carboxylic acids is 5. The molecule has 0 fully saturated rings. The van der Waals surface area contributed by atoms with Gasteiger partial charge < -0.3 is 48.7 Å². The molecule has 2 aromatic carbocycles. The number of phenols is 2. The maximum absolute atomic E-state index is 14.1. The third kappa shape index (κ3) is 25.1. The lowest BCUT2D eigenvalue weighted by Crippen LogP contribution is -2.55. The number of hydrogen-bond acceptors (Lipinski definition) is 18. The van der Waals surface area contributed by atoms with Gasteiger partial charge in [0.2, 0.25) is 63.7 Å². The van der Waals surface area contributed by atoms with Crippen molar-refractivity contribution in [3.63, 3.8) is 0 Å². The predicted molar refractivity (Wildman–Crippen MR) is 278 cm³/mol. The lowest BCUT2D eigenvalue weighted by atomic mass is 10.1. The van der Waals surface area contributed by atoms with Gasteiger partial charge in [-0.15, -0.1) is 0 Å². The second-order valence-electron chi connectivity index (χ2n) is 18.0. The number of nitrogens with zero attached hydrogens (tertiary/aromatic N) is 4. The maximum atomic E-state index is 14.1. The molecule has 0 unspecified atom stereocenters. The molecule has 26 nitrogen and oxygen atoms in total. The zero-order valence-electron chi connectivity index (χ0n) is 42.5. The van der Waals surface area contributed by atoms with Crippen molar-refractivity contribution in [1.82, 2.24) is 38.5 Å². The van der Waals surface area contributed by atoms with Crippen molar-refractivity contribution in [2.75, 3.05) is 96.0 Å². The smallest absolute Gasteiger partial charge is 0.235 e. The van der Waals surface area contributed by atoms with E-state index in [-0.39, 0.29) is 63.5 Å². The van der Waals surface area contributed by atoms with Crippen LogP contribution in [0.15, 0.2) is 48.5 Å². The Morgan fingerprint density at radius 2 is 0.892 bits per heavy atom. The number of aromatic hydroxyl groups is 2. The molecular formula is C44H75N11O15S4. The van der Waals surface area contributed by atoms with Crippen LogP contribution >= 0.6 is 0 Å². The minimum atomic E-state index is -4.39. The molecule has 0 bridgehead atoms. The van der Waals surface area contributed by atoms with Crippen LogP contribution in [-0.2, 0) is 76.9 Å². The number of unbranched alkanes of at least 4 members (excludes halogenated alkanes) is 1. The van der Waals surface area contributed by atoms with Crippen LogP contribution in [0.2, 0.25) is 0 Å². The average molecular weight is 1130 g/mol. The highest BCUT2D eigenvalue weighted by molar-refractivity contribution is 7.89. The highest BCUT2D eigenvalue weighted by Crippen LogP contribution is 2.16. The first-order valence-electron chi connectivity index (χ1n) is 23.5. The molecule has 0 spiro atoms. The van der Waals surface area contributed by atoms with Gasteiger partial charge in [0, 0.05) is 70.4 Å². The van der Waals surface area contributed by atoms with Crippen LogP contribution in [0.25, 0.3) is 0 Å². The molecule has 0 heterocycles. The normalized spacial score (nSPS) is 14.1. The number of nitrogens with one attached hydrogen (secondary N) is 4. The van der Waals surface area contributed by atoms with Crippen molar-refractivity contribution < 1.29 is 67.9 Å². The molecule has 0 aliphatic heterocycles. The van der Waals surface area contributed by atoms with Gasteiger partial charge in [0.15, 0.2) is 0 Å². The number of nitrogens with two attached hydrogens (primary N) is 3. The molecule has 0 saturated heterocycles. The fourth-order valence-electron chi connectivity index (χ4n) is 7.62. The third-order valence-corrected chi connectivity index (χ3v) is 17.0. The first-order chi connectivity index (χ1) is 34.4. The number of benzene rings is 2. The third-order valence-electron chi connectivity index (χ3n) is 11.0. The summed E-state index contributed by atoms with van der Waals surface area (Å²) in [6, 6.07) is 7.68. The summed E-state index contributed by atoms with van der Waals surface area (Å²) < 4.78 is 109. The van der Waals surface area contributed by atoms with Gasteiger partial charge in [0.1, 0.15) is 17.3 Å². The van der Waals surface area contributed by atoms with Crippen molar-refractivity contribution >= 4 is 69.5 Å². The summed E-state index contributed by atoms with van der Waals surface area (Å²) in [7, 11) is -16.8. The van der Waals surface area contributed by atoms with Crippen LogP contribution < -0.4 is 38.5 Å². The topological polar surface area (TPSA) is 402 Å². The summed E-state index contributed by atoms with van der Waals surface area (Å²) in [5, 5.41) is 30.3. The van der Waals surface area contributed by atoms with Gasteiger partial charge >= 0.3 is 0 Å². The Morgan fingerprint density at radius 1 is 0.514 bits per heavy atom. The van der Waals surface area contributed by atoms with Gasteiger partial charge in [0.05, 0.1) is 50.2 Å². The van der Waals surface area contributed by atoms with E-state index in [4.69, 9.17) is 17.2 Å². The molecule has 0 saturated carbocycles. The Balaban J connectivity index is 2.50. The lowest BCUT2D eigenvalue weighted by molar-refractivity contribution is -0.123. The highest BCUT2D eigenvalue weighted by atomic mass is 32.2. The van der Waals surface area contributed by atoms with Gasteiger partial charge in [-0.1, -0.05) is 30.7 Å². The summed E-state index contributed by atoms with van der Waals surface area (Å²) in [5.41, 5.74) is 18.2. The quantitative estimate of drug-likeness (QED) is 0.0296. The number of phenolic OH excluding ortho intramolecular Hbond substituents is 2. The monoisotopic (exact) mass is 1130 g/mol. The summed E-state index contributed by atoms with van der Waals surface area (Å²) in [6.45, 7) is -1.42. The van der Waals surface area contributed by atoms with Crippen LogP contribution in [-0.4, -0.2) is 211 Å². The molecule has 12 N–H and O–H groups in total. The number of Topliss-reactive ketones (excluding diaryl/α,β-unsaturated/α-hetero) is 1. The Kier molecular flexibility index (Phi) is 27.0. The van der Waals surface area contributed by atoms with E-state index < -0.39 is 144 Å². The van der Waals surface area contributed by atoms with Crippen LogP contribution in [0, 0.1) is 0 Å². The van der Waals surface area contributed by atoms with E-state index in [1.165, 1.54) is 57.2 Å². The number of sulfonamides is 4. The van der Waals surface area contributed by atoms with Crippen molar-refractivity contribution in [3.8, 4) is 11.5 Å². The summed E-state index contributed by atoms with van der Waals surface area (Å²) in [4.78, 5) is 65.3. The standard InChI is InChI=1S/C44H75N11O15S4/c1-32(24-52(25-33(2)56)71(4,63)64)48-42(60)30-55(74(69,70)21-19-47)28-39(23-36-11-15-41(59)16-12-36)51-44(62)31-54(73(67,68)20-18-46)26-37(8-6-7-17-45)50-43(61)29-53(72(5,65)66)27-38(49-34(3)57)22-35-9-13-40(58)14-10-35/h9-16,32,37-39,58-59H,6-8,17-31,45-47H2,1-5H3,(H,48,60)(H,49,57)(H,50,61)(H,51,62)/t32-,37-,38-,39-/m0/s1. The molecule has 0 aromatic heterocycles. The Morgan fingerprint density at radius 3 is 1.30 bits per heavy atom. The first-order valence-corrected chi connectivity index (χ1v) is 30.4. The molecular weight excluding hydrogens is 1050 g/mol. The average Bonchev–Trinajstić information content (AvgIpc) is 3.26. The second kappa shape index (κ2) is 30.6. The summed E-state index contributed by atoms with van der Waals surface area (Å²) >= 11 is 0. The van der Waals surface area contributed by atoms with E-state index in [0.29, 0.717) is 24.0 Å². The number of rotatable bonds is 36. The first kappa shape index (κ1) is 65.2. The van der Waals surface area contributed by atoms with E-state index in [2.05, 4.69) is 21.3 Å². The van der Waals surface area contributed by atoms with E-state index in [0.717, 1.165) is 29.7 Å². The predicted octanol–water partition coefficient (Wildman–Crippen LogP) is -3.72. The Hall–Kier alpha value is -4.89. The summed E-state index contributed by atoms with van der Waals surface area (Å²) in [5.74, 6) is -5.05. The van der Waals surface area contributed by atoms with Crippen molar-refractivity contribution in [1.29, 1.82) is 0 Å². The molecule has 0 radical (unpaired) electrons. The van der Waals surface area contributed by atoms with Gasteiger partial charge in [-0.3, -0.25) is 24.0 Å². The fraction of sp³-hybridized carbons (Fsp3) is 0.614. The highest BCUT2D eigenvalue weighted by Gasteiger charge is 2.33. The Labute approximate surface area is 435 Å². The van der Waals surface area contributed by atoms with Gasteiger partial charge in [-0.05, 0) is 81.5 Å². The van der Waals surface area contributed by atoms with E-state index in [1.54, 1.807) is 12.1 Å². The number of ketones is 1. The van der Waals surface area contributed by atoms with Gasteiger partial charge in [0.25, 0.3) is 0 Å². The molecule has 30 heteroatoms. The molecule has 2 rings (SSSR count). The molecule has 74 heavy (non-hydrogen) atoms. The second-order valence-corrected chi connectivity index (χ2v) is 26.2. The van der Waals surface area contributed by atoms with Crippen LogP contribution in [0.4, 0.5) is 0 Å². The largest absolute Gasteiger partial charge is 0.508 e. The minimum Gasteiger partial charge on any atom is -0.508 e. The molecule has 4 amide bonds. The van der Waals surface area contributed by atoms with Crippen molar-refractivity contribution in [2.24, 2.45) is 17.2 Å². The van der Waals surface area contributed by atoms with Gasteiger partial charge in [-0.2, -0.15) is 17.2 Å². The van der Waals surface area contributed by atoms with Crippen LogP contribution in [0.1, 0.15) is 51.2 Å². The molecule has 0 aliphatic carbocycles. The number of hydrogen-bond donors (Lipinski definition) is 9. The fourth-order valence-corrected chi connectivity index (χ4v) is 11.9. The maximum Gasteiger partial charge on any atom is 0.235 e. The Bertz CT molecular complexity index is 2610. The van der Waals surface area contributed by atoms with Crippen LogP contribution in [0.3, 0.4) is 0 Å². The summed E-state index contributed by atoms with van der Waals surface area (Å²) in [6.07, 6.45) is 2.65. The SMILES string of the molecule is CC(=O)CN(C[C@H](C)NC(=O)CN(C[C@H](Cc1ccc(O)cc1)NC(=O)CN(C[C@H](CCCCN)NC(=O)CN(C[C@H](Cc1ccc(O)cc1)NC(C)=O)S(C)(=O)=O)S(=O)(=O)CCN)S(=O)(=O)CCN)S(C)(=O)=O. The van der Waals surface area contributed by atoms with E-state index in [9.17, 15) is 67.9 Å². The zero-order valence-corrected chi connectivity index (χ0v) is 45.8. The van der Waals surface area contributed by atoms with E-state index >= 15 is 0 Å². The van der Waals surface area contributed by atoms with Crippen molar-refractivity contribution in [2.45, 2.75) is 77.0 Å². The van der Waals surface area contributed by atoms with Crippen LogP contribution in [0.5, 0.6) is 11.5 Å². The minimum absolute atomic E-state index is 0.0120. The molecule has 4 atom stereocenters. The molecule has 420 valence electrons. The lowest BCUT2D eigenvalue weighted by Gasteiger charge is -2.31. The van der Waals surface area contributed by atoms with Crippen molar-refractivity contribution in [3.05, 3.63) is 59.7 Å². The van der Waals surface area contributed by atoms with E-state index in [1.807, 2.05) is 0 Å². The zero-order chi connectivity index (χ0) is 56.0.